The van der Waals surface area contributed by atoms with Gasteiger partial charge in [-0.1, -0.05) is 66.8 Å². The third-order valence-corrected chi connectivity index (χ3v) is 7.50. The van der Waals surface area contributed by atoms with Gasteiger partial charge in [-0.15, -0.1) is 0 Å². The van der Waals surface area contributed by atoms with E-state index in [2.05, 4.69) is 89.3 Å². The van der Waals surface area contributed by atoms with Gasteiger partial charge < -0.3 is 9.31 Å². The Bertz CT molecular complexity index is 978. The second-order valence-electron chi connectivity index (χ2n) is 8.47. The van der Waals surface area contributed by atoms with E-state index in [1.165, 1.54) is 32.2 Å². The van der Waals surface area contributed by atoms with E-state index in [1.54, 1.807) is 0 Å². The smallest absolute Gasteiger partial charge is 0.399 e. The van der Waals surface area contributed by atoms with Gasteiger partial charge >= 0.3 is 7.12 Å². The van der Waals surface area contributed by atoms with Gasteiger partial charge in [0.15, 0.2) is 0 Å². The first-order valence-corrected chi connectivity index (χ1v) is 11.8. The summed E-state index contributed by atoms with van der Waals surface area (Å²) in [4.78, 5) is 0. The van der Waals surface area contributed by atoms with Gasteiger partial charge in [0.05, 0.1) is 20.0 Å². The average Bonchev–Trinajstić information content (AvgIpc) is 2.80. The average molecular weight is 361 g/mol. The van der Waals surface area contributed by atoms with E-state index < -0.39 is 8.80 Å². The Morgan fingerprint density at radius 1 is 0.692 bits per heavy atom. The predicted octanol–water partition coefficient (Wildman–Crippen LogP) is 4.25. The van der Waals surface area contributed by atoms with Crippen molar-refractivity contribution in [2.75, 3.05) is 0 Å². The van der Waals surface area contributed by atoms with Crippen molar-refractivity contribution < 1.29 is 9.31 Å². The zero-order valence-corrected chi connectivity index (χ0v) is 17.5. The van der Waals surface area contributed by atoms with Crippen LogP contribution < -0.4 is 10.6 Å². The third-order valence-electron chi connectivity index (χ3n) is 5.96. The molecular formula is C22H26BO2Si. The molecule has 0 spiro atoms. The molecule has 1 aliphatic heterocycles. The first-order chi connectivity index (χ1) is 12.2. The zero-order valence-electron chi connectivity index (χ0n) is 16.5. The van der Waals surface area contributed by atoms with E-state index in [4.69, 9.17) is 9.31 Å². The standard InChI is InChI=1S/C22H26BO2Si/c1-21(2)22(3,4)25-23(24-21)19-17-13-9-7-11-15(17)16-12-8-10-14-18(16)20(19)26(5)6/h7-14H,1-6H3. The maximum absolute atomic E-state index is 6.49. The molecular weight excluding hydrogens is 335 g/mol. The van der Waals surface area contributed by atoms with Crippen molar-refractivity contribution >= 4 is 48.1 Å². The van der Waals surface area contributed by atoms with Crippen LogP contribution in [0.15, 0.2) is 48.5 Å². The summed E-state index contributed by atoms with van der Waals surface area (Å²) in [6.45, 7) is 13.2. The van der Waals surface area contributed by atoms with Gasteiger partial charge in [0.25, 0.3) is 0 Å². The Hall–Kier alpha value is -1.62. The molecule has 0 unspecified atom stereocenters. The Kier molecular flexibility index (Phi) is 4.07. The van der Waals surface area contributed by atoms with Gasteiger partial charge in [-0.05, 0) is 54.7 Å². The minimum atomic E-state index is -0.728. The molecule has 1 aliphatic rings. The first-order valence-electron chi connectivity index (χ1n) is 9.32. The van der Waals surface area contributed by atoms with Crippen LogP contribution in [-0.2, 0) is 9.31 Å². The van der Waals surface area contributed by atoms with Crippen molar-refractivity contribution in [3.05, 3.63) is 48.5 Å². The van der Waals surface area contributed by atoms with Crippen molar-refractivity contribution in [1.29, 1.82) is 0 Å². The topological polar surface area (TPSA) is 18.5 Å². The van der Waals surface area contributed by atoms with Crippen LogP contribution in [-0.4, -0.2) is 27.1 Å². The highest BCUT2D eigenvalue weighted by Gasteiger charge is 2.52. The highest BCUT2D eigenvalue weighted by Crippen LogP contribution is 2.37. The van der Waals surface area contributed by atoms with E-state index in [1.807, 2.05) is 0 Å². The molecule has 1 radical (unpaired) electrons. The SMILES string of the molecule is C[Si](C)c1c(B2OC(C)(C)C(C)(C)O2)c2ccccc2c2ccccc12. The monoisotopic (exact) mass is 361 g/mol. The van der Waals surface area contributed by atoms with Gasteiger partial charge in [0, 0.05) is 0 Å². The second kappa shape index (κ2) is 5.95. The number of rotatable bonds is 2. The van der Waals surface area contributed by atoms with E-state index in [0.717, 1.165) is 0 Å². The summed E-state index contributed by atoms with van der Waals surface area (Å²) < 4.78 is 13.0. The van der Waals surface area contributed by atoms with Crippen LogP contribution in [0.2, 0.25) is 13.1 Å². The lowest BCUT2D eigenvalue weighted by Crippen LogP contribution is -2.49. The van der Waals surface area contributed by atoms with Crippen molar-refractivity contribution in [2.24, 2.45) is 0 Å². The van der Waals surface area contributed by atoms with Gasteiger partial charge in [0.2, 0.25) is 0 Å². The molecule has 3 aromatic rings. The molecule has 0 amide bonds. The van der Waals surface area contributed by atoms with E-state index in [0.29, 0.717) is 0 Å². The molecule has 0 bridgehead atoms. The Labute approximate surface area is 158 Å². The summed E-state index contributed by atoms with van der Waals surface area (Å²) in [5, 5.41) is 6.63. The van der Waals surface area contributed by atoms with Crippen LogP contribution in [0.5, 0.6) is 0 Å². The maximum atomic E-state index is 6.49. The fourth-order valence-electron chi connectivity index (χ4n) is 3.91. The second-order valence-corrected chi connectivity index (χ2v) is 11.0. The molecule has 0 N–H and O–H groups in total. The van der Waals surface area contributed by atoms with Crippen molar-refractivity contribution in [3.8, 4) is 0 Å². The number of fused-ring (bicyclic) bond motifs is 3. The highest BCUT2D eigenvalue weighted by molar-refractivity contribution is 6.83. The molecule has 133 valence electrons. The molecule has 1 saturated heterocycles. The van der Waals surface area contributed by atoms with Crippen LogP contribution in [0.3, 0.4) is 0 Å². The Balaban J connectivity index is 2.09. The molecule has 0 aliphatic carbocycles. The summed E-state index contributed by atoms with van der Waals surface area (Å²) in [5.74, 6) is 0. The fourth-order valence-corrected chi connectivity index (χ4v) is 5.46. The molecule has 0 aromatic heterocycles. The van der Waals surface area contributed by atoms with Crippen LogP contribution in [0, 0.1) is 0 Å². The largest absolute Gasteiger partial charge is 0.495 e. The van der Waals surface area contributed by atoms with E-state index in [9.17, 15) is 0 Å². The van der Waals surface area contributed by atoms with Gasteiger partial charge in [-0.3, -0.25) is 0 Å². The van der Waals surface area contributed by atoms with Crippen molar-refractivity contribution in [2.45, 2.75) is 52.0 Å². The quantitative estimate of drug-likeness (QED) is 0.502. The molecule has 26 heavy (non-hydrogen) atoms. The molecule has 1 heterocycles. The lowest BCUT2D eigenvalue weighted by atomic mass is 9.74. The van der Waals surface area contributed by atoms with Crippen molar-refractivity contribution in [1.82, 2.24) is 0 Å². The number of hydrogen-bond acceptors (Lipinski definition) is 2. The van der Waals surface area contributed by atoms with E-state index >= 15 is 0 Å². The third kappa shape index (κ3) is 2.55. The lowest BCUT2D eigenvalue weighted by molar-refractivity contribution is 0.00578. The Morgan fingerprint density at radius 2 is 1.12 bits per heavy atom. The summed E-state index contributed by atoms with van der Waals surface area (Å²) in [5.41, 5.74) is 0.559. The van der Waals surface area contributed by atoms with Gasteiger partial charge in [-0.25, -0.2) is 0 Å². The Morgan fingerprint density at radius 3 is 1.62 bits per heavy atom. The maximum Gasteiger partial charge on any atom is 0.495 e. The number of hydrogen-bond donors (Lipinski definition) is 0. The number of benzene rings is 3. The molecule has 0 saturated carbocycles. The summed E-state index contributed by atoms with van der Waals surface area (Å²) in [7, 11) is -1.06. The molecule has 2 nitrogen and oxygen atoms in total. The fraction of sp³-hybridized carbons (Fsp3) is 0.364. The highest BCUT2D eigenvalue weighted by atomic mass is 28.3. The summed E-state index contributed by atoms with van der Waals surface area (Å²) in [6.07, 6.45) is 0. The molecule has 4 rings (SSSR count). The van der Waals surface area contributed by atoms with Gasteiger partial charge in [-0.2, -0.15) is 0 Å². The lowest BCUT2D eigenvalue weighted by Gasteiger charge is -2.32. The predicted molar refractivity (Wildman–Crippen MR) is 114 cm³/mol. The zero-order chi connectivity index (χ0) is 18.7. The van der Waals surface area contributed by atoms with E-state index in [-0.39, 0.29) is 18.3 Å². The first kappa shape index (κ1) is 17.8. The minimum Gasteiger partial charge on any atom is -0.399 e. The van der Waals surface area contributed by atoms with Crippen LogP contribution in [0.25, 0.3) is 21.5 Å². The molecule has 3 aromatic carbocycles. The normalized spacial score (nSPS) is 19.0. The molecule has 1 fully saturated rings. The molecule has 0 atom stereocenters. The van der Waals surface area contributed by atoms with Crippen LogP contribution >= 0.6 is 0 Å². The summed E-state index contributed by atoms with van der Waals surface area (Å²) >= 11 is 0. The minimum absolute atomic E-state index is 0.329. The summed E-state index contributed by atoms with van der Waals surface area (Å²) in [6, 6.07) is 17.4. The van der Waals surface area contributed by atoms with Gasteiger partial charge in [0.1, 0.15) is 0 Å². The molecule has 4 heteroatoms. The van der Waals surface area contributed by atoms with Crippen LogP contribution in [0.1, 0.15) is 27.7 Å². The van der Waals surface area contributed by atoms with Crippen molar-refractivity contribution in [3.63, 3.8) is 0 Å². The van der Waals surface area contributed by atoms with Crippen LogP contribution in [0.4, 0.5) is 0 Å².